The highest BCUT2D eigenvalue weighted by atomic mass is 79.9. The van der Waals surface area contributed by atoms with Crippen LogP contribution >= 0.6 is 15.9 Å². The number of benzene rings is 2. The van der Waals surface area contributed by atoms with E-state index in [4.69, 9.17) is 0 Å². The number of rotatable bonds is 2. The normalized spacial score (nSPS) is 12.8. The third-order valence-electron chi connectivity index (χ3n) is 3.09. The minimum absolute atomic E-state index is 0.308. The van der Waals surface area contributed by atoms with E-state index in [0.717, 1.165) is 15.6 Å². The molecule has 0 bridgehead atoms. The molecule has 2 nitrogen and oxygen atoms in total. The molecule has 0 spiro atoms. The van der Waals surface area contributed by atoms with Gasteiger partial charge in [0.25, 0.3) is 0 Å². The van der Waals surface area contributed by atoms with Crippen molar-refractivity contribution in [3.63, 3.8) is 0 Å². The molecular formula is C15H11BrFNOS. The van der Waals surface area contributed by atoms with E-state index in [-0.39, 0.29) is 5.82 Å². The number of fused-ring (bicyclic) bond motifs is 1. The molecule has 5 heteroatoms. The summed E-state index contributed by atoms with van der Waals surface area (Å²) in [4.78, 5) is 0.712. The summed E-state index contributed by atoms with van der Waals surface area (Å²) in [5, 5.41) is 0.713. The van der Waals surface area contributed by atoms with E-state index < -0.39 is 11.0 Å². The Kier molecular flexibility index (Phi) is 3.48. The number of aryl methyl sites for hydroxylation is 1. The van der Waals surface area contributed by atoms with Crippen LogP contribution in [0.5, 0.6) is 0 Å². The number of halogens is 2. The number of hydrogen-bond donors (Lipinski definition) is 0. The summed E-state index contributed by atoms with van der Waals surface area (Å²) >= 11 is 3.38. The molecule has 0 N–H and O–H groups in total. The Labute approximate surface area is 126 Å². The lowest BCUT2D eigenvalue weighted by molar-refractivity contribution is 0.629. The van der Waals surface area contributed by atoms with Crippen molar-refractivity contribution in [2.75, 3.05) is 0 Å². The first-order valence-corrected chi connectivity index (χ1v) is 7.91. The highest BCUT2D eigenvalue weighted by molar-refractivity contribution is 9.10. The molecule has 3 aromatic rings. The Bertz CT molecular complexity index is 811. The van der Waals surface area contributed by atoms with Crippen LogP contribution in [0.15, 0.2) is 58.0 Å². The van der Waals surface area contributed by atoms with Crippen LogP contribution in [0.1, 0.15) is 5.56 Å². The van der Waals surface area contributed by atoms with E-state index in [9.17, 15) is 8.60 Å². The van der Waals surface area contributed by atoms with Crippen molar-refractivity contribution in [1.82, 2.24) is 3.97 Å². The summed E-state index contributed by atoms with van der Waals surface area (Å²) in [5.74, 6) is -0.308. The van der Waals surface area contributed by atoms with Crippen LogP contribution in [0.3, 0.4) is 0 Å². The summed E-state index contributed by atoms with van der Waals surface area (Å²) < 4.78 is 28.3. The standard InChI is InChI=1S/C15H11BrFNOS/c1-10-2-5-12(6-3-10)20(19)18-9-14(16)13-8-11(17)4-7-15(13)18/h2-9H,1H3. The smallest absolute Gasteiger partial charge is 0.157 e. The molecule has 1 aromatic heterocycles. The lowest BCUT2D eigenvalue weighted by Crippen LogP contribution is -2.03. The van der Waals surface area contributed by atoms with Gasteiger partial charge < -0.3 is 0 Å². The van der Waals surface area contributed by atoms with Crippen molar-refractivity contribution in [3.8, 4) is 0 Å². The van der Waals surface area contributed by atoms with Gasteiger partial charge in [0, 0.05) is 16.1 Å². The summed E-state index contributed by atoms with van der Waals surface area (Å²) in [7, 11) is -1.35. The average Bonchev–Trinajstić information content (AvgIpc) is 2.76. The Hall–Kier alpha value is -1.46. The van der Waals surface area contributed by atoms with Gasteiger partial charge in [-0.2, -0.15) is 0 Å². The minimum atomic E-state index is -1.35. The zero-order valence-corrected chi connectivity index (χ0v) is 13.0. The van der Waals surface area contributed by atoms with Gasteiger partial charge in [-0.3, -0.25) is 3.97 Å². The Morgan fingerprint density at radius 3 is 2.55 bits per heavy atom. The molecule has 102 valence electrons. The van der Waals surface area contributed by atoms with Crippen LogP contribution in [-0.4, -0.2) is 8.18 Å². The fourth-order valence-corrected chi connectivity index (χ4v) is 3.83. The van der Waals surface area contributed by atoms with Gasteiger partial charge in [-0.05, 0) is 53.2 Å². The second-order valence-corrected chi connectivity index (χ2v) is 6.74. The Balaban J connectivity index is 2.15. The molecule has 1 unspecified atom stereocenters. The van der Waals surface area contributed by atoms with Crippen LogP contribution in [-0.2, 0) is 11.0 Å². The first-order valence-electron chi connectivity index (χ1n) is 6.01. The van der Waals surface area contributed by atoms with Gasteiger partial charge in [-0.15, -0.1) is 0 Å². The predicted molar refractivity (Wildman–Crippen MR) is 82.6 cm³/mol. The van der Waals surface area contributed by atoms with Crippen molar-refractivity contribution < 1.29 is 8.60 Å². The Morgan fingerprint density at radius 2 is 1.85 bits per heavy atom. The summed E-state index contributed by atoms with van der Waals surface area (Å²) in [6, 6.07) is 12.0. The zero-order valence-electron chi connectivity index (χ0n) is 10.6. The summed E-state index contributed by atoms with van der Waals surface area (Å²) in [5.41, 5.74) is 1.85. The SMILES string of the molecule is Cc1ccc(S(=O)n2cc(Br)c3cc(F)ccc32)cc1. The highest BCUT2D eigenvalue weighted by Crippen LogP contribution is 2.28. The summed E-state index contributed by atoms with van der Waals surface area (Å²) in [6.07, 6.45) is 1.72. The fourth-order valence-electron chi connectivity index (χ4n) is 2.04. The lowest BCUT2D eigenvalue weighted by Gasteiger charge is -2.05. The molecule has 0 radical (unpaired) electrons. The molecule has 0 fully saturated rings. The van der Waals surface area contributed by atoms with Crippen LogP contribution in [0.4, 0.5) is 4.39 Å². The second kappa shape index (κ2) is 5.14. The fraction of sp³-hybridized carbons (Fsp3) is 0.0667. The van der Waals surface area contributed by atoms with Gasteiger partial charge in [0.15, 0.2) is 11.0 Å². The van der Waals surface area contributed by atoms with Crippen LogP contribution < -0.4 is 0 Å². The van der Waals surface area contributed by atoms with E-state index >= 15 is 0 Å². The van der Waals surface area contributed by atoms with Crippen LogP contribution in [0.2, 0.25) is 0 Å². The predicted octanol–water partition coefficient (Wildman–Crippen LogP) is 4.42. The molecule has 20 heavy (non-hydrogen) atoms. The van der Waals surface area contributed by atoms with Crippen molar-refractivity contribution in [3.05, 3.63) is 64.5 Å². The van der Waals surface area contributed by atoms with Crippen LogP contribution in [0, 0.1) is 12.7 Å². The monoisotopic (exact) mass is 351 g/mol. The first-order chi connectivity index (χ1) is 9.56. The molecule has 3 rings (SSSR count). The van der Waals surface area contributed by atoms with Gasteiger partial charge in [0.1, 0.15) is 5.82 Å². The lowest BCUT2D eigenvalue weighted by atomic mass is 10.2. The van der Waals surface area contributed by atoms with Gasteiger partial charge in [0.05, 0.1) is 10.4 Å². The maximum Gasteiger partial charge on any atom is 0.157 e. The number of aromatic nitrogens is 1. The maximum absolute atomic E-state index is 13.3. The molecule has 2 aromatic carbocycles. The molecule has 0 saturated heterocycles. The average molecular weight is 352 g/mol. The van der Waals surface area contributed by atoms with Crippen LogP contribution in [0.25, 0.3) is 10.9 Å². The number of nitrogens with zero attached hydrogens (tertiary/aromatic N) is 1. The van der Waals surface area contributed by atoms with E-state index in [2.05, 4.69) is 15.9 Å². The van der Waals surface area contributed by atoms with Crippen molar-refractivity contribution in [2.45, 2.75) is 11.8 Å². The minimum Gasteiger partial charge on any atom is -0.261 e. The molecule has 0 aliphatic heterocycles. The third-order valence-corrected chi connectivity index (χ3v) is 5.05. The zero-order chi connectivity index (χ0) is 14.3. The molecule has 0 amide bonds. The van der Waals surface area contributed by atoms with E-state index in [1.807, 2.05) is 31.2 Å². The molecule has 0 aliphatic carbocycles. The highest BCUT2D eigenvalue weighted by Gasteiger charge is 2.13. The third kappa shape index (κ3) is 2.31. The van der Waals surface area contributed by atoms with Gasteiger partial charge in [-0.25, -0.2) is 8.60 Å². The molecule has 0 saturated carbocycles. The van der Waals surface area contributed by atoms with Crippen molar-refractivity contribution >= 4 is 37.8 Å². The molecule has 0 aliphatic rings. The van der Waals surface area contributed by atoms with Gasteiger partial charge in [-0.1, -0.05) is 17.7 Å². The van der Waals surface area contributed by atoms with E-state index in [0.29, 0.717) is 10.3 Å². The van der Waals surface area contributed by atoms with E-state index in [1.165, 1.54) is 12.1 Å². The van der Waals surface area contributed by atoms with E-state index in [1.54, 1.807) is 16.2 Å². The summed E-state index contributed by atoms with van der Waals surface area (Å²) in [6.45, 7) is 1.98. The van der Waals surface area contributed by atoms with Crippen molar-refractivity contribution in [2.24, 2.45) is 0 Å². The molecule has 1 atom stereocenters. The molecule has 1 heterocycles. The molecular weight excluding hydrogens is 341 g/mol. The van der Waals surface area contributed by atoms with Crippen molar-refractivity contribution in [1.29, 1.82) is 0 Å². The quantitative estimate of drug-likeness (QED) is 0.669. The van der Waals surface area contributed by atoms with Gasteiger partial charge >= 0.3 is 0 Å². The maximum atomic E-state index is 13.3. The topological polar surface area (TPSA) is 22.0 Å². The number of hydrogen-bond acceptors (Lipinski definition) is 1. The first kappa shape index (κ1) is 13.5. The largest absolute Gasteiger partial charge is 0.261 e. The Morgan fingerprint density at radius 1 is 1.15 bits per heavy atom. The second-order valence-electron chi connectivity index (χ2n) is 4.53. The van der Waals surface area contributed by atoms with Gasteiger partial charge in [0.2, 0.25) is 0 Å².